The Bertz CT molecular complexity index is 555. The van der Waals surface area contributed by atoms with Crippen molar-refractivity contribution in [3.05, 3.63) is 63.9 Å². The molecule has 2 N–H and O–H groups in total. The lowest BCUT2D eigenvalue weighted by Gasteiger charge is -2.09. The maximum atomic E-state index is 3.33. The highest BCUT2D eigenvalue weighted by Gasteiger charge is 2.17. The van der Waals surface area contributed by atoms with Crippen LogP contribution >= 0.6 is 11.3 Å². The first-order chi connectivity index (χ1) is 9.36. The second kappa shape index (κ2) is 5.59. The van der Waals surface area contributed by atoms with E-state index in [4.69, 9.17) is 0 Å². The topological polar surface area (TPSA) is 24.1 Å². The summed E-state index contributed by atoms with van der Waals surface area (Å²) >= 11 is 1.76. The van der Waals surface area contributed by atoms with E-state index in [9.17, 15) is 0 Å². The van der Waals surface area contributed by atoms with Gasteiger partial charge in [-0.15, -0.1) is 11.3 Å². The van der Waals surface area contributed by atoms with E-state index in [2.05, 4.69) is 65.6 Å². The fraction of sp³-hybridized carbons (Fsp3) is 0.250. The first-order valence-electron chi connectivity index (χ1n) is 6.73. The molecular formula is C16H18N2S. The molecule has 19 heavy (non-hydrogen) atoms. The zero-order valence-electron chi connectivity index (χ0n) is 11.0. The van der Waals surface area contributed by atoms with E-state index in [1.54, 1.807) is 11.3 Å². The number of nitrogens with one attached hydrogen (secondary N) is 2. The molecule has 2 nitrogen and oxygen atoms in total. The van der Waals surface area contributed by atoms with Gasteiger partial charge in [0.1, 0.15) is 0 Å². The van der Waals surface area contributed by atoms with E-state index in [1.807, 2.05) is 0 Å². The lowest BCUT2D eigenvalue weighted by atomic mass is 10.0. The molecule has 2 heterocycles. The summed E-state index contributed by atoms with van der Waals surface area (Å²) in [5.74, 6) is 0. The first-order valence-corrected chi connectivity index (χ1v) is 7.61. The van der Waals surface area contributed by atoms with Gasteiger partial charge in [0.2, 0.25) is 0 Å². The fourth-order valence-electron chi connectivity index (χ4n) is 2.34. The summed E-state index contributed by atoms with van der Waals surface area (Å²) in [6.45, 7) is 2.21. The minimum absolute atomic E-state index is 0.257. The van der Waals surface area contributed by atoms with Crippen LogP contribution in [0.25, 0.3) is 5.70 Å². The molecule has 1 atom stereocenters. The van der Waals surface area contributed by atoms with Gasteiger partial charge in [0, 0.05) is 0 Å². The highest BCUT2D eigenvalue weighted by Crippen LogP contribution is 2.26. The van der Waals surface area contributed by atoms with Crippen molar-refractivity contribution in [3.63, 3.8) is 0 Å². The summed E-state index contributed by atoms with van der Waals surface area (Å²) in [6.07, 6.45) is 4.61. The monoisotopic (exact) mass is 270 g/mol. The van der Waals surface area contributed by atoms with Crippen LogP contribution in [-0.2, 0) is 6.42 Å². The zero-order chi connectivity index (χ0) is 13.1. The third-order valence-corrected chi connectivity index (χ3v) is 4.26. The Hall–Kier alpha value is -1.58. The van der Waals surface area contributed by atoms with Gasteiger partial charge in [-0.2, -0.15) is 0 Å². The number of hydrazine groups is 1. The maximum Gasteiger partial charge on any atom is 0.0714 e. The van der Waals surface area contributed by atoms with E-state index in [0.29, 0.717) is 0 Å². The Labute approximate surface area is 118 Å². The lowest BCUT2D eigenvalue weighted by Crippen LogP contribution is -2.26. The number of benzene rings is 1. The second-order valence-corrected chi connectivity index (χ2v) is 5.74. The standard InChI is InChI=1S/C16H18N2S/c1-2-4-12-6-8-13(9-7-12)14-11-15(18-17-14)16-5-3-10-19-16/h3,5-11,14,17-18H,2,4H2,1H3. The Kier molecular flexibility index (Phi) is 3.67. The number of hydrogen-bond donors (Lipinski definition) is 2. The van der Waals surface area contributed by atoms with E-state index >= 15 is 0 Å². The number of rotatable bonds is 4. The number of aryl methyl sites for hydroxylation is 1. The molecule has 0 saturated heterocycles. The van der Waals surface area contributed by atoms with Crippen molar-refractivity contribution in [1.29, 1.82) is 0 Å². The van der Waals surface area contributed by atoms with Gasteiger partial charge in [-0.3, -0.25) is 0 Å². The summed E-state index contributed by atoms with van der Waals surface area (Å²) in [6, 6.07) is 13.4. The molecular weight excluding hydrogens is 252 g/mol. The first kappa shape index (κ1) is 12.5. The highest BCUT2D eigenvalue weighted by molar-refractivity contribution is 7.11. The molecule has 1 aliphatic rings. The summed E-state index contributed by atoms with van der Waals surface area (Å²) in [5.41, 5.74) is 10.5. The van der Waals surface area contributed by atoms with Crippen molar-refractivity contribution in [2.24, 2.45) is 0 Å². The van der Waals surface area contributed by atoms with Gasteiger partial charge in [0.15, 0.2) is 0 Å². The average Bonchev–Trinajstić information content (AvgIpc) is 3.11. The molecule has 0 aliphatic carbocycles. The molecule has 0 saturated carbocycles. The smallest absolute Gasteiger partial charge is 0.0714 e. The van der Waals surface area contributed by atoms with Gasteiger partial charge in [-0.25, -0.2) is 5.43 Å². The van der Waals surface area contributed by atoms with Crippen molar-refractivity contribution >= 4 is 17.0 Å². The van der Waals surface area contributed by atoms with Gasteiger partial charge in [0.05, 0.1) is 16.6 Å². The number of thiophene rings is 1. The maximum absolute atomic E-state index is 3.33. The van der Waals surface area contributed by atoms with Crippen LogP contribution in [0.1, 0.15) is 35.4 Å². The van der Waals surface area contributed by atoms with Crippen LogP contribution < -0.4 is 10.9 Å². The largest absolute Gasteiger partial charge is 0.319 e. The molecule has 1 aromatic carbocycles. The predicted octanol–water partition coefficient (Wildman–Crippen LogP) is 3.89. The Morgan fingerprint density at radius 3 is 2.68 bits per heavy atom. The molecule has 0 bridgehead atoms. The molecule has 1 aliphatic heterocycles. The molecule has 0 amide bonds. The van der Waals surface area contributed by atoms with E-state index < -0.39 is 0 Å². The summed E-state index contributed by atoms with van der Waals surface area (Å²) in [7, 11) is 0. The molecule has 2 aromatic rings. The van der Waals surface area contributed by atoms with E-state index in [0.717, 1.165) is 6.42 Å². The minimum Gasteiger partial charge on any atom is -0.319 e. The Morgan fingerprint density at radius 2 is 2.00 bits per heavy atom. The lowest BCUT2D eigenvalue weighted by molar-refractivity contribution is 0.616. The number of hydrogen-bond acceptors (Lipinski definition) is 3. The Balaban J connectivity index is 1.76. The molecule has 0 radical (unpaired) electrons. The van der Waals surface area contributed by atoms with Crippen molar-refractivity contribution in [2.75, 3.05) is 0 Å². The predicted molar refractivity (Wildman–Crippen MR) is 81.7 cm³/mol. The van der Waals surface area contributed by atoms with Crippen LogP contribution in [0.4, 0.5) is 0 Å². The molecule has 1 unspecified atom stereocenters. The SMILES string of the molecule is CCCc1ccc(C2C=C(c3cccs3)NN2)cc1. The summed E-state index contributed by atoms with van der Waals surface area (Å²) in [4.78, 5) is 1.28. The van der Waals surface area contributed by atoms with Crippen LogP contribution in [0, 0.1) is 0 Å². The van der Waals surface area contributed by atoms with Gasteiger partial charge in [-0.05, 0) is 35.1 Å². The molecule has 3 heteroatoms. The quantitative estimate of drug-likeness (QED) is 0.880. The molecule has 3 rings (SSSR count). The third-order valence-electron chi connectivity index (χ3n) is 3.36. The molecule has 98 valence electrons. The van der Waals surface area contributed by atoms with Crippen molar-refractivity contribution in [2.45, 2.75) is 25.8 Å². The fourth-order valence-corrected chi connectivity index (χ4v) is 3.05. The van der Waals surface area contributed by atoms with E-state index in [1.165, 1.54) is 28.1 Å². The minimum atomic E-state index is 0.257. The van der Waals surface area contributed by atoms with Gasteiger partial charge >= 0.3 is 0 Å². The average molecular weight is 270 g/mol. The summed E-state index contributed by atoms with van der Waals surface area (Å²) < 4.78 is 0. The van der Waals surface area contributed by atoms with E-state index in [-0.39, 0.29) is 6.04 Å². The highest BCUT2D eigenvalue weighted by atomic mass is 32.1. The van der Waals surface area contributed by atoms with Crippen molar-refractivity contribution in [1.82, 2.24) is 10.9 Å². The normalized spacial score (nSPS) is 18.2. The van der Waals surface area contributed by atoms with Crippen LogP contribution in [0.2, 0.25) is 0 Å². The zero-order valence-corrected chi connectivity index (χ0v) is 11.8. The van der Waals surface area contributed by atoms with Crippen molar-refractivity contribution in [3.8, 4) is 0 Å². The molecule has 1 aromatic heterocycles. The van der Waals surface area contributed by atoms with Crippen LogP contribution in [0.5, 0.6) is 0 Å². The van der Waals surface area contributed by atoms with Gasteiger partial charge in [-0.1, -0.05) is 43.7 Å². The van der Waals surface area contributed by atoms with Gasteiger partial charge in [0.25, 0.3) is 0 Å². The summed E-state index contributed by atoms with van der Waals surface area (Å²) in [5, 5.41) is 2.10. The third kappa shape index (κ3) is 2.72. The van der Waals surface area contributed by atoms with Crippen molar-refractivity contribution < 1.29 is 0 Å². The Morgan fingerprint density at radius 1 is 1.16 bits per heavy atom. The van der Waals surface area contributed by atoms with Crippen LogP contribution in [0.3, 0.4) is 0 Å². The molecule has 0 fully saturated rings. The second-order valence-electron chi connectivity index (χ2n) is 4.80. The van der Waals surface area contributed by atoms with Gasteiger partial charge < -0.3 is 5.43 Å². The van der Waals surface area contributed by atoms with Crippen LogP contribution in [-0.4, -0.2) is 0 Å². The van der Waals surface area contributed by atoms with Crippen LogP contribution in [0.15, 0.2) is 47.9 Å². The molecule has 0 spiro atoms.